The second kappa shape index (κ2) is 3.58. The van der Waals surface area contributed by atoms with Gasteiger partial charge in [-0.2, -0.15) is 5.16 Å². The van der Waals surface area contributed by atoms with Crippen molar-refractivity contribution in [2.24, 2.45) is 11.7 Å². The van der Waals surface area contributed by atoms with E-state index in [9.17, 15) is 4.79 Å². The van der Waals surface area contributed by atoms with Gasteiger partial charge in [0.15, 0.2) is 5.76 Å². The molecule has 0 radical (unpaired) electrons. The Hall–Kier alpha value is -1.03. The van der Waals surface area contributed by atoms with Gasteiger partial charge in [-0.15, -0.1) is 0 Å². The van der Waals surface area contributed by atoms with Gasteiger partial charge in [-0.25, -0.2) is 0 Å². The summed E-state index contributed by atoms with van der Waals surface area (Å²) in [5, 5.41) is 2.21. The maximum atomic E-state index is 10.7. The van der Waals surface area contributed by atoms with Crippen LogP contribution in [0, 0.1) is 5.92 Å². The molecule has 0 fully saturated rings. The molecule has 12 heavy (non-hydrogen) atoms. The molecular weight excluding hydrogens is 156 g/mol. The molecule has 1 aromatic rings. The Morgan fingerprint density at radius 1 is 1.67 bits per heavy atom. The van der Waals surface area contributed by atoms with Crippen LogP contribution in [0.25, 0.3) is 0 Å². The lowest BCUT2D eigenvalue weighted by Gasteiger charge is -2.09. The molecule has 0 aliphatic heterocycles. The molecule has 3 N–H and O–H groups in total. The minimum atomic E-state index is -0.232. The van der Waals surface area contributed by atoms with E-state index in [0.717, 1.165) is 6.42 Å². The van der Waals surface area contributed by atoms with Crippen molar-refractivity contribution in [3.63, 3.8) is 0 Å². The predicted octanol–water partition coefficient (Wildman–Crippen LogP) is 1.01. The highest BCUT2D eigenvalue weighted by Gasteiger charge is 2.12. The van der Waals surface area contributed by atoms with Crippen LogP contribution < -0.4 is 11.3 Å². The number of rotatable bonds is 3. The largest absolute Gasteiger partial charge is 0.382 e. The molecule has 0 aliphatic carbocycles. The van der Waals surface area contributed by atoms with Gasteiger partial charge in [0.2, 0.25) is 0 Å². The van der Waals surface area contributed by atoms with Crippen molar-refractivity contribution in [1.29, 1.82) is 0 Å². The van der Waals surface area contributed by atoms with Crippen molar-refractivity contribution in [2.45, 2.75) is 26.3 Å². The summed E-state index contributed by atoms with van der Waals surface area (Å²) in [4.78, 5) is 10.7. The van der Waals surface area contributed by atoms with Gasteiger partial charge >= 0.3 is 0 Å². The predicted molar refractivity (Wildman–Crippen MR) is 45.7 cm³/mol. The Kier molecular flexibility index (Phi) is 2.70. The second-order valence-corrected chi connectivity index (χ2v) is 3.35. The molecule has 0 saturated heterocycles. The van der Waals surface area contributed by atoms with Crippen molar-refractivity contribution in [3.8, 4) is 0 Å². The van der Waals surface area contributed by atoms with Gasteiger partial charge in [-0.3, -0.25) is 4.79 Å². The molecule has 0 aromatic carbocycles. The number of nitrogens with one attached hydrogen (secondary N) is 1. The highest BCUT2D eigenvalue weighted by Crippen LogP contribution is 2.16. The fraction of sp³-hybridized carbons (Fsp3) is 0.625. The molecule has 0 aliphatic rings. The molecule has 0 amide bonds. The number of aromatic amines is 1. The van der Waals surface area contributed by atoms with Gasteiger partial charge < -0.3 is 10.3 Å². The van der Waals surface area contributed by atoms with E-state index in [-0.39, 0.29) is 11.6 Å². The fourth-order valence-corrected chi connectivity index (χ4v) is 1.10. The zero-order valence-electron chi connectivity index (χ0n) is 7.33. The Balaban J connectivity index is 2.65. The zero-order valence-corrected chi connectivity index (χ0v) is 7.33. The summed E-state index contributed by atoms with van der Waals surface area (Å²) in [5.74, 6) is 1.04. The second-order valence-electron chi connectivity index (χ2n) is 3.35. The van der Waals surface area contributed by atoms with E-state index >= 15 is 0 Å². The quantitative estimate of drug-likeness (QED) is 0.711. The van der Waals surface area contributed by atoms with E-state index in [2.05, 4.69) is 19.0 Å². The summed E-state index contributed by atoms with van der Waals surface area (Å²) in [5.41, 5.74) is 5.52. The van der Waals surface area contributed by atoms with Gasteiger partial charge in [0.25, 0.3) is 5.56 Å². The summed E-state index contributed by atoms with van der Waals surface area (Å²) in [6.07, 6.45) is 0.820. The Labute approximate surface area is 70.7 Å². The molecule has 0 bridgehead atoms. The average molecular weight is 170 g/mol. The Morgan fingerprint density at radius 2 is 2.33 bits per heavy atom. The van der Waals surface area contributed by atoms with Gasteiger partial charge in [0.1, 0.15) is 0 Å². The monoisotopic (exact) mass is 170 g/mol. The van der Waals surface area contributed by atoms with Crippen molar-refractivity contribution < 1.29 is 4.52 Å². The molecule has 0 saturated carbocycles. The lowest BCUT2D eigenvalue weighted by atomic mass is 10.0. The third-order valence-electron chi connectivity index (χ3n) is 1.63. The topological polar surface area (TPSA) is 72.0 Å². The first-order chi connectivity index (χ1) is 5.59. The standard InChI is InChI=1S/C8H14N2O2/c1-5(2)3-6(9)7-4-8(11)10-12-7/h4-6H,3,9H2,1-2H3,(H,10,11). The van der Waals surface area contributed by atoms with Gasteiger partial charge in [0, 0.05) is 6.07 Å². The number of hydrogen-bond acceptors (Lipinski definition) is 3. The van der Waals surface area contributed by atoms with Crippen molar-refractivity contribution in [1.82, 2.24) is 5.16 Å². The molecule has 1 unspecified atom stereocenters. The van der Waals surface area contributed by atoms with Crippen LogP contribution in [0.15, 0.2) is 15.4 Å². The molecular formula is C8H14N2O2. The molecule has 1 atom stereocenters. The minimum Gasteiger partial charge on any atom is -0.382 e. The van der Waals surface area contributed by atoms with Gasteiger partial charge in [-0.1, -0.05) is 13.8 Å². The summed E-state index contributed by atoms with van der Waals surface area (Å²) in [6.45, 7) is 4.15. The third kappa shape index (κ3) is 2.23. The van der Waals surface area contributed by atoms with Crippen LogP contribution in [0.5, 0.6) is 0 Å². The highest BCUT2D eigenvalue weighted by atomic mass is 16.5. The van der Waals surface area contributed by atoms with E-state index in [0.29, 0.717) is 11.7 Å². The van der Waals surface area contributed by atoms with E-state index in [1.165, 1.54) is 6.07 Å². The van der Waals surface area contributed by atoms with Crippen molar-refractivity contribution in [2.75, 3.05) is 0 Å². The van der Waals surface area contributed by atoms with Crippen LogP contribution >= 0.6 is 0 Å². The van der Waals surface area contributed by atoms with E-state index < -0.39 is 0 Å². The number of hydrogen-bond donors (Lipinski definition) is 2. The highest BCUT2D eigenvalue weighted by molar-refractivity contribution is 4.99. The number of aromatic nitrogens is 1. The lowest BCUT2D eigenvalue weighted by Crippen LogP contribution is -2.12. The van der Waals surface area contributed by atoms with Crippen molar-refractivity contribution >= 4 is 0 Å². The summed E-state index contributed by atoms with van der Waals surface area (Å²) < 4.78 is 4.86. The van der Waals surface area contributed by atoms with E-state index in [1.807, 2.05) is 0 Å². The third-order valence-corrected chi connectivity index (χ3v) is 1.63. The number of H-pyrrole nitrogens is 1. The first kappa shape index (κ1) is 9.06. The van der Waals surface area contributed by atoms with Crippen LogP contribution in [0.3, 0.4) is 0 Å². The smallest absolute Gasteiger partial charge is 0.280 e. The maximum absolute atomic E-state index is 10.7. The zero-order chi connectivity index (χ0) is 9.14. The summed E-state index contributed by atoms with van der Waals surface area (Å²) >= 11 is 0. The van der Waals surface area contributed by atoms with Crippen LogP contribution in [0.4, 0.5) is 0 Å². The van der Waals surface area contributed by atoms with Gasteiger partial charge in [-0.05, 0) is 12.3 Å². The van der Waals surface area contributed by atoms with Gasteiger partial charge in [0.05, 0.1) is 6.04 Å². The molecule has 68 valence electrons. The molecule has 4 heteroatoms. The Bertz CT molecular complexity index is 287. The summed E-state index contributed by atoms with van der Waals surface area (Å²) in [7, 11) is 0. The van der Waals surface area contributed by atoms with Crippen LogP contribution in [0.2, 0.25) is 0 Å². The van der Waals surface area contributed by atoms with Crippen LogP contribution in [-0.2, 0) is 0 Å². The molecule has 1 rings (SSSR count). The Morgan fingerprint density at radius 3 is 2.75 bits per heavy atom. The molecule has 1 heterocycles. The maximum Gasteiger partial charge on any atom is 0.280 e. The van der Waals surface area contributed by atoms with Crippen LogP contribution in [0.1, 0.15) is 32.1 Å². The minimum absolute atomic E-state index is 0.177. The lowest BCUT2D eigenvalue weighted by molar-refractivity contribution is 0.339. The summed E-state index contributed by atoms with van der Waals surface area (Å²) in [6, 6.07) is 1.22. The average Bonchev–Trinajstić information content (AvgIpc) is 2.34. The first-order valence-corrected chi connectivity index (χ1v) is 4.03. The van der Waals surface area contributed by atoms with Crippen LogP contribution in [-0.4, -0.2) is 5.16 Å². The number of nitrogens with two attached hydrogens (primary N) is 1. The first-order valence-electron chi connectivity index (χ1n) is 4.03. The molecule has 0 spiro atoms. The van der Waals surface area contributed by atoms with E-state index in [1.54, 1.807) is 0 Å². The normalized spacial score (nSPS) is 13.7. The van der Waals surface area contributed by atoms with E-state index in [4.69, 9.17) is 10.3 Å². The molecule has 1 aromatic heterocycles. The molecule has 4 nitrogen and oxygen atoms in total. The van der Waals surface area contributed by atoms with Crippen molar-refractivity contribution in [3.05, 3.63) is 22.2 Å². The SMILES string of the molecule is CC(C)CC(N)c1cc(=O)[nH]o1. The fourth-order valence-electron chi connectivity index (χ4n) is 1.10.